The minimum absolute atomic E-state index is 0.839. The summed E-state index contributed by atoms with van der Waals surface area (Å²) in [7, 11) is 0. The Bertz CT molecular complexity index is 407. The smallest absolute Gasteiger partial charge is 0.0797 e. The van der Waals surface area contributed by atoms with Gasteiger partial charge >= 0.3 is 0 Å². The predicted molar refractivity (Wildman–Crippen MR) is 56.7 cm³/mol. The van der Waals surface area contributed by atoms with Crippen molar-refractivity contribution in [3.05, 3.63) is 35.5 Å². The number of thiazole rings is 1. The van der Waals surface area contributed by atoms with Crippen LogP contribution in [-0.4, -0.2) is 4.98 Å². The average Bonchev–Trinajstić information content (AvgIpc) is 2.62. The van der Waals surface area contributed by atoms with Crippen molar-refractivity contribution < 1.29 is 0 Å². The summed E-state index contributed by atoms with van der Waals surface area (Å²) in [6, 6.07) is 5.95. The van der Waals surface area contributed by atoms with Gasteiger partial charge in [0.25, 0.3) is 0 Å². The lowest BCUT2D eigenvalue weighted by molar-refractivity contribution is 1.41. The van der Waals surface area contributed by atoms with Crippen LogP contribution >= 0.6 is 11.3 Å². The number of aromatic nitrogens is 1. The van der Waals surface area contributed by atoms with Crippen LogP contribution in [0.2, 0.25) is 0 Å². The second kappa shape index (κ2) is 3.18. The Hall–Kier alpha value is -1.35. The molecule has 0 aliphatic heterocycles. The number of nitrogens with two attached hydrogens (primary N) is 1. The molecule has 0 fully saturated rings. The maximum atomic E-state index is 5.81. The average molecular weight is 190 g/mol. The van der Waals surface area contributed by atoms with Crippen molar-refractivity contribution in [3.8, 4) is 10.4 Å². The van der Waals surface area contributed by atoms with Crippen molar-refractivity contribution >= 4 is 17.0 Å². The number of hydrogen-bond acceptors (Lipinski definition) is 3. The zero-order valence-electron chi connectivity index (χ0n) is 7.32. The number of benzene rings is 1. The lowest BCUT2D eigenvalue weighted by Gasteiger charge is -2.04. The number of anilines is 1. The van der Waals surface area contributed by atoms with Gasteiger partial charge in [-0.25, -0.2) is 0 Å². The summed E-state index contributed by atoms with van der Waals surface area (Å²) in [6.07, 6.45) is 1.87. The molecule has 0 aliphatic rings. The van der Waals surface area contributed by atoms with Gasteiger partial charge < -0.3 is 5.73 Å². The molecule has 0 spiro atoms. The van der Waals surface area contributed by atoms with E-state index >= 15 is 0 Å². The summed E-state index contributed by atoms with van der Waals surface area (Å²) in [5.41, 5.74) is 10.8. The van der Waals surface area contributed by atoms with Crippen LogP contribution in [0.1, 0.15) is 5.56 Å². The van der Waals surface area contributed by atoms with E-state index in [1.54, 1.807) is 11.3 Å². The van der Waals surface area contributed by atoms with Crippen LogP contribution in [0.25, 0.3) is 10.4 Å². The van der Waals surface area contributed by atoms with Gasteiger partial charge in [0.15, 0.2) is 0 Å². The number of nitrogen functional groups attached to an aromatic ring is 1. The molecule has 0 saturated carbocycles. The molecule has 1 aromatic heterocycles. The van der Waals surface area contributed by atoms with Gasteiger partial charge in [0, 0.05) is 11.9 Å². The Balaban J connectivity index is 2.59. The Labute approximate surface area is 81.1 Å². The van der Waals surface area contributed by atoms with Crippen molar-refractivity contribution in [2.45, 2.75) is 6.92 Å². The maximum Gasteiger partial charge on any atom is 0.0797 e. The van der Waals surface area contributed by atoms with Crippen LogP contribution in [-0.2, 0) is 0 Å². The predicted octanol–water partition coefficient (Wildman–Crippen LogP) is 2.70. The topological polar surface area (TPSA) is 38.9 Å². The van der Waals surface area contributed by atoms with Crippen molar-refractivity contribution in [1.82, 2.24) is 4.98 Å². The van der Waals surface area contributed by atoms with E-state index in [0.717, 1.165) is 11.3 Å². The second-order valence-corrected chi connectivity index (χ2v) is 3.77. The fraction of sp³-hybridized carbons (Fsp3) is 0.100. The van der Waals surface area contributed by atoms with E-state index in [-0.39, 0.29) is 0 Å². The molecule has 66 valence electrons. The Morgan fingerprint density at radius 3 is 2.92 bits per heavy atom. The molecule has 0 atom stereocenters. The van der Waals surface area contributed by atoms with Gasteiger partial charge in [0.1, 0.15) is 0 Å². The molecular weight excluding hydrogens is 180 g/mol. The molecule has 1 aromatic carbocycles. The molecule has 3 heteroatoms. The van der Waals surface area contributed by atoms with E-state index in [9.17, 15) is 0 Å². The van der Waals surface area contributed by atoms with Crippen LogP contribution < -0.4 is 5.73 Å². The van der Waals surface area contributed by atoms with Crippen LogP contribution in [0.5, 0.6) is 0 Å². The normalized spacial score (nSPS) is 10.2. The zero-order valence-corrected chi connectivity index (χ0v) is 8.14. The molecule has 2 N–H and O–H groups in total. The van der Waals surface area contributed by atoms with E-state index < -0.39 is 0 Å². The molecular formula is C10H10N2S. The summed E-state index contributed by atoms with van der Waals surface area (Å²) < 4.78 is 0. The van der Waals surface area contributed by atoms with E-state index in [0.29, 0.717) is 0 Å². The van der Waals surface area contributed by atoms with Crippen molar-refractivity contribution in [3.63, 3.8) is 0 Å². The first-order valence-corrected chi connectivity index (χ1v) is 4.91. The summed E-state index contributed by atoms with van der Waals surface area (Å²) in [4.78, 5) is 5.22. The molecule has 0 radical (unpaired) electrons. The van der Waals surface area contributed by atoms with E-state index in [2.05, 4.69) is 11.1 Å². The molecule has 0 unspecified atom stereocenters. The number of rotatable bonds is 1. The summed E-state index contributed by atoms with van der Waals surface area (Å²) >= 11 is 1.63. The zero-order chi connectivity index (χ0) is 9.26. The highest BCUT2D eigenvalue weighted by Crippen LogP contribution is 2.29. The third-order valence-electron chi connectivity index (χ3n) is 2.07. The summed E-state index contributed by atoms with van der Waals surface area (Å²) in [5, 5.41) is 0. The third kappa shape index (κ3) is 1.42. The summed E-state index contributed by atoms with van der Waals surface area (Å²) in [5.74, 6) is 0. The molecule has 2 aromatic rings. The van der Waals surface area contributed by atoms with Gasteiger partial charge in [-0.05, 0) is 24.1 Å². The first-order chi connectivity index (χ1) is 6.29. The summed E-state index contributed by atoms with van der Waals surface area (Å²) in [6.45, 7) is 2.03. The van der Waals surface area contributed by atoms with Crippen LogP contribution in [0.3, 0.4) is 0 Å². The van der Waals surface area contributed by atoms with Crippen LogP contribution in [0.15, 0.2) is 29.9 Å². The van der Waals surface area contributed by atoms with Crippen LogP contribution in [0.4, 0.5) is 5.69 Å². The minimum atomic E-state index is 0.839. The first-order valence-electron chi connectivity index (χ1n) is 4.03. The molecule has 0 amide bonds. The van der Waals surface area contributed by atoms with Crippen molar-refractivity contribution in [2.24, 2.45) is 0 Å². The second-order valence-electron chi connectivity index (χ2n) is 2.89. The Kier molecular flexibility index (Phi) is 2.02. The monoisotopic (exact) mass is 190 g/mol. The van der Waals surface area contributed by atoms with Gasteiger partial charge in [0.05, 0.1) is 10.4 Å². The quantitative estimate of drug-likeness (QED) is 0.702. The van der Waals surface area contributed by atoms with Crippen molar-refractivity contribution in [1.29, 1.82) is 0 Å². The molecule has 2 rings (SSSR count). The van der Waals surface area contributed by atoms with E-state index in [1.807, 2.05) is 30.8 Å². The maximum absolute atomic E-state index is 5.81. The number of hydrogen-bond donors (Lipinski definition) is 1. The number of nitrogens with zero attached hydrogens (tertiary/aromatic N) is 1. The van der Waals surface area contributed by atoms with Gasteiger partial charge in [-0.15, -0.1) is 11.3 Å². The molecule has 2 nitrogen and oxygen atoms in total. The molecule has 0 saturated heterocycles. The van der Waals surface area contributed by atoms with Crippen LogP contribution in [0, 0.1) is 6.92 Å². The third-order valence-corrected chi connectivity index (χ3v) is 2.88. The van der Waals surface area contributed by atoms with Gasteiger partial charge in [-0.3, -0.25) is 4.98 Å². The highest BCUT2D eigenvalue weighted by molar-refractivity contribution is 7.13. The molecule has 13 heavy (non-hydrogen) atoms. The van der Waals surface area contributed by atoms with E-state index in [4.69, 9.17) is 5.73 Å². The lowest BCUT2D eigenvalue weighted by atomic mass is 10.1. The fourth-order valence-electron chi connectivity index (χ4n) is 1.27. The Morgan fingerprint density at radius 2 is 2.23 bits per heavy atom. The highest BCUT2D eigenvalue weighted by atomic mass is 32.1. The molecule has 0 aliphatic carbocycles. The lowest BCUT2D eigenvalue weighted by Crippen LogP contribution is -1.90. The van der Waals surface area contributed by atoms with E-state index in [1.165, 1.54) is 10.4 Å². The van der Waals surface area contributed by atoms with Gasteiger partial charge in [-0.2, -0.15) is 0 Å². The SMILES string of the molecule is Cc1c(N)cccc1-c1cncs1. The molecule has 1 heterocycles. The highest BCUT2D eigenvalue weighted by Gasteiger charge is 2.04. The van der Waals surface area contributed by atoms with Gasteiger partial charge in [-0.1, -0.05) is 12.1 Å². The first kappa shape index (κ1) is 8.26. The minimum Gasteiger partial charge on any atom is -0.398 e. The van der Waals surface area contributed by atoms with Crippen molar-refractivity contribution in [2.75, 3.05) is 5.73 Å². The Morgan fingerprint density at radius 1 is 1.38 bits per heavy atom. The standard InChI is InChI=1S/C10H10N2S/c1-7-8(3-2-4-9(7)11)10-5-12-6-13-10/h2-6H,11H2,1H3. The van der Waals surface area contributed by atoms with Gasteiger partial charge in [0.2, 0.25) is 0 Å². The molecule has 0 bridgehead atoms. The fourth-order valence-corrected chi connectivity index (χ4v) is 1.97. The largest absolute Gasteiger partial charge is 0.398 e.